The number of pyridine rings is 1. The van der Waals surface area contributed by atoms with Gasteiger partial charge in [-0.3, -0.25) is 4.79 Å². The average Bonchev–Trinajstić information content (AvgIpc) is 2.93. The highest BCUT2D eigenvalue weighted by molar-refractivity contribution is 5.78. The van der Waals surface area contributed by atoms with Crippen molar-refractivity contribution in [1.82, 2.24) is 20.2 Å². The number of carbonyl (C=O) groups excluding carboxylic acids is 1. The number of amides is 1. The Morgan fingerprint density at radius 3 is 2.83 bits per heavy atom. The molecule has 3 heterocycles. The molecule has 1 aliphatic rings. The fourth-order valence-corrected chi connectivity index (χ4v) is 2.73. The van der Waals surface area contributed by atoms with E-state index in [0.717, 1.165) is 5.82 Å². The summed E-state index contributed by atoms with van der Waals surface area (Å²) >= 11 is 0. The highest BCUT2D eigenvalue weighted by Crippen LogP contribution is 2.19. The van der Waals surface area contributed by atoms with Gasteiger partial charge < -0.3 is 9.80 Å². The Labute approximate surface area is 133 Å². The van der Waals surface area contributed by atoms with E-state index in [1.54, 1.807) is 17.9 Å². The highest BCUT2D eigenvalue weighted by Gasteiger charge is 2.28. The van der Waals surface area contributed by atoms with Gasteiger partial charge in [-0.25, -0.2) is 14.0 Å². The van der Waals surface area contributed by atoms with Crippen LogP contribution in [0.2, 0.25) is 0 Å². The molecule has 0 spiro atoms. The summed E-state index contributed by atoms with van der Waals surface area (Å²) in [5.74, 6) is 0.372. The van der Waals surface area contributed by atoms with Crippen LogP contribution in [-0.4, -0.2) is 51.8 Å². The number of aryl methyl sites for hydroxylation is 1. The van der Waals surface area contributed by atoms with Crippen molar-refractivity contribution in [1.29, 1.82) is 0 Å². The van der Waals surface area contributed by atoms with Crippen LogP contribution in [0, 0.1) is 12.7 Å². The molecule has 23 heavy (non-hydrogen) atoms. The van der Waals surface area contributed by atoms with Gasteiger partial charge in [0.05, 0.1) is 12.6 Å². The molecule has 0 saturated carbocycles. The van der Waals surface area contributed by atoms with Gasteiger partial charge in [0.1, 0.15) is 23.0 Å². The summed E-state index contributed by atoms with van der Waals surface area (Å²) in [6.07, 6.45) is 1.40. The average molecular weight is 319 g/mol. The number of hydrogen-bond acceptors (Lipinski definition) is 6. The fraction of sp³-hybridized carbons (Fsp3) is 0.467. The number of piperazine rings is 1. The molecule has 1 amide bonds. The van der Waals surface area contributed by atoms with E-state index in [4.69, 9.17) is 0 Å². The number of halogens is 1. The lowest BCUT2D eigenvalue weighted by molar-refractivity contribution is -0.131. The van der Waals surface area contributed by atoms with Crippen molar-refractivity contribution in [2.24, 2.45) is 0 Å². The molecule has 2 aromatic rings. The van der Waals surface area contributed by atoms with Crippen LogP contribution >= 0.6 is 0 Å². The third-order valence-electron chi connectivity index (χ3n) is 4.05. The lowest BCUT2D eigenvalue weighted by Gasteiger charge is -2.40. The predicted molar refractivity (Wildman–Crippen MR) is 80.3 cm³/mol. The molecule has 2 aromatic heterocycles. The number of anilines is 1. The van der Waals surface area contributed by atoms with Gasteiger partial charge in [0.25, 0.3) is 0 Å². The van der Waals surface area contributed by atoms with Gasteiger partial charge in [-0.1, -0.05) is 10.3 Å². The number of rotatable bonds is 3. The van der Waals surface area contributed by atoms with Crippen molar-refractivity contribution in [2.75, 3.05) is 24.5 Å². The molecule has 0 radical (unpaired) electrons. The summed E-state index contributed by atoms with van der Waals surface area (Å²) in [5.41, 5.74) is 1.21. The normalized spacial score (nSPS) is 18.3. The van der Waals surface area contributed by atoms with Crippen LogP contribution in [0.5, 0.6) is 0 Å². The Kier molecular flexibility index (Phi) is 4.22. The summed E-state index contributed by atoms with van der Waals surface area (Å²) in [4.78, 5) is 20.4. The zero-order valence-electron chi connectivity index (χ0n) is 13.1. The molecule has 122 valence electrons. The van der Waals surface area contributed by atoms with Gasteiger partial charge in [0, 0.05) is 25.7 Å². The first kappa shape index (κ1) is 15.4. The number of hydrogen-bond donors (Lipinski definition) is 0. The summed E-state index contributed by atoms with van der Waals surface area (Å²) in [6.45, 7) is 5.61. The van der Waals surface area contributed by atoms with E-state index in [1.165, 1.54) is 12.3 Å². The van der Waals surface area contributed by atoms with Crippen molar-refractivity contribution in [2.45, 2.75) is 26.3 Å². The maximum atomic E-state index is 13.0. The van der Waals surface area contributed by atoms with Gasteiger partial charge >= 0.3 is 0 Å². The standard InChI is InChI=1S/C15H18FN5O2/c1-10-9-20(15(22)7-13-11(2)18-23-19-13)5-6-21(10)14-4-3-12(16)8-17-14/h3-4,8,10H,5-7,9H2,1-2H3. The Bertz CT molecular complexity index is 687. The second kappa shape index (κ2) is 6.31. The molecule has 3 rings (SSSR count). The van der Waals surface area contributed by atoms with Crippen molar-refractivity contribution in [3.8, 4) is 0 Å². The molecular weight excluding hydrogens is 301 g/mol. The largest absolute Gasteiger partial charge is 0.350 e. The van der Waals surface area contributed by atoms with E-state index < -0.39 is 0 Å². The smallest absolute Gasteiger partial charge is 0.228 e. The summed E-state index contributed by atoms with van der Waals surface area (Å²) in [5, 5.41) is 7.44. The molecule has 0 aromatic carbocycles. The molecule has 0 aliphatic carbocycles. The van der Waals surface area contributed by atoms with Crippen LogP contribution in [0.4, 0.5) is 10.2 Å². The third kappa shape index (κ3) is 3.30. The molecule has 1 atom stereocenters. The molecular formula is C15H18FN5O2. The van der Waals surface area contributed by atoms with Crippen LogP contribution in [0.1, 0.15) is 18.3 Å². The predicted octanol–water partition coefficient (Wildman–Crippen LogP) is 1.19. The third-order valence-corrected chi connectivity index (χ3v) is 4.05. The van der Waals surface area contributed by atoms with Gasteiger partial charge in [0.15, 0.2) is 0 Å². The van der Waals surface area contributed by atoms with E-state index in [1.807, 2.05) is 6.92 Å². The van der Waals surface area contributed by atoms with Crippen LogP contribution < -0.4 is 4.90 Å². The van der Waals surface area contributed by atoms with E-state index in [2.05, 4.69) is 24.8 Å². The summed E-state index contributed by atoms with van der Waals surface area (Å²) < 4.78 is 17.6. The minimum absolute atomic E-state index is 0.00219. The van der Waals surface area contributed by atoms with E-state index >= 15 is 0 Å². The Balaban J connectivity index is 1.63. The maximum Gasteiger partial charge on any atom is 0.228 e. The molecule has 1 unspecified atom stereocenters. The van der Waals surface area contributed by atoms with Crippen LogP contribution in [0.15, 0.2) is 23.0 Å². The zero-order valence-corrected chi connectivity index (χ0v) is 13.1. The molecule has 0 bridgehead atoms. The van der Waals surface area contributed by atoms with Crippen LogP contribution in [0.25, 0.3) is 0 Å². The highest BCUT2D eigenvalue weighted by atomic mass is 19.1. The molecule has 8 heteroatoms. The molecule has 7 nitrogen and oxygen atoms in total. The summed E-state index contributed by atoms with van der Waals surface area (Å²) in [6, 6.07) is 3.16. The van der Waals surface area contributed by atoms with Crippen molar-refractivity contribution >= 4 is 11.7 Å². The first-order valence-electron chi connectivity index (χ1n) is 7.48. The fourth-order valence-electron chi connectivity index (χ4n) is 2.73. The monoisotopic (exact) mass is 319 g/mol. The van der Waals surface area contributed by atoms with Crippen LogP contribution in [0.3, 0.4) is 0 Å². The molecule has 0 N–H and O–H groups in total. The van der Waals surface area contributed by atoms with E-state index in [0.29, 0.717) is 31.0 Å². The zero-order chi connectivity index (χ0) is 16.4. The first-order valence-corrected chi connectivity index (χ1v) is 7.48. The SMILES string of the molecule is Cc1nonc1CC(=O)N1CCN(c2ccc(F)cn2)C(C)C1. The maximum absolute atomic E-state index is 13.0. The Morgan fingerprint density at radius 2 is 2.22 bits per heavy atom. The number of aromatic nitrogens is 3. The van der Waals surface area contributed by atoms with E-state index in [9.17, 15) is 9.18 Å². The summed E-state index contributed by atoms with van der Waals surface area (Å²) in [7, 11) is 0. The van der Waals surface area contributed by atoms with E-state index in [-0.39, 0.29) is 24.2 Å². The van der Waals surface area contributed by atoms with Crippen molar-refractivity contribution < 1.29 is 13.8 Å². The Hall–Kier alpha value is -2.51. The van der Waals surface area contributed by atoms with Gasteiger partial charge in [-0.05, 0) is 26.0 Å². The molecule has 1 saturated heterocycles. The number of carbonyl (C=O) groups is 1. The Morgan fingerprint density at radius 1 is 1.39 bits per heavy atom. The van der Waals surface area contributed by atoms with Gasteiger partial charge in [-0.15, -0.1) is 0 Å². The molecule has 1 fully saturated rings. The van der Waals surface area contributed by atoms with Crippen LogP contribution in [-0.2, 0) is 11.2 Å². The van der Waals surface area contributed by atoms with Crippen molar-refractivity contribution in [3.63, 3.8) is 0 Å². The minimum Gasteiger partial charge on any atom is -0.350 e. The lowest BCUT2D eigenvalue weighted by Crippen LogP contribution is -2.54. The number of nitrogens with zero attached hydrogens (tertiary/aromatic N) is 5. The van der Waals surface area contributed by atoms with Crippen molar-refractivity contribution in [3.05, 3.63) is 35.5 Å². The molecule has 1 aliphatic heterocycles. The topological polar surface area (TPSA) is 75.4 Å². The van der Waals surface area contributed by atoms with Gasteiger partial charge in [0.2, 0.25) is 5.91 Å². The lowest BCUT2D eigenvalue weighted by atomic mass is 10.1. The second-order valence-corrected chi connectivity index (χ2v) is 5.69. The quantitative estimate of drug-likeness (QED) is 0.846. The first-order chi connectivity index (χ1) is 11.0. The second-order valence-electron chi connectivity index (χ2n) is 5.69. The minimum atomic E-state index is -0.355. The van der Waals surface area contributed by atoms with Gasteiger partial charge in [-0.2, -0.15) is 0 Å².